The summed E-state index contributed by atoms with van der Waals surface area (Å²) in [5.41, 5.74) is 0. The fraction of sp³-hybridized carbons (Fsp3) is 0.900. The highest BCUT2D eigenvalue weighted by atomic mass is 16.6. The summed E-state index contributed by atoms with van der Waals surface area (Å²) in [4.78, 5) is 22.0. The van der Waals surface area contributed by atoms with Crippen LogP contribution in [0.5, 0.6) is 0 Å². The van der Waals surface area contributed by atoms with E-state index in [9.17, 15) is 9.59 Å². The van der Waals surface area contributed by atoms with Gasteiger partial charge in [-0.1, -0.05) is 84.5 Å². The molecule has 0 heterocycles. The first-order valence-corrected chi connectivity index (χ1v) is 10.1. The van der Waals surface area contributed by atoms with E-state index in [1.165, 1.54) is 57.8 Å². The van der Waals surface area contributed by atoms with Crippen molar-refractivity contribution in [1.82, 2.24) is 0 Å². The lowest BCUT2D eigenvalue weighted by Crippen LogP contribution is -2.24. The zero-order valence-corrected chi connectivity index (χ0v) is 15.9. The second kappa shape index (κ2) is 16.8. The minimum absolute atomic E-state index is 0.226. The second-order valence-electron chi connectivity index (χ2n) is 6.80. The molecule has 4 nitrogen and oxygen atoms in total. The summed E-state index contributed by atoms with van der Waals surface area (Å²) in [6.45, 7) is 4.41. The van der Waals surface area contributed by atoms with Crippen molar-refractivity contribution in [2.75, 3.05) is 0 Å². The van der Waals surface area contributed by atoms with Gasteiger partial charge in [-0.2, -0.15) is 0 Å². The molecule has 0 aliphatic carbocycles. The Morgan fingerprint density at radius 1 is 0.708 bits per heavy atom. The SMILES string of the molecule is CCCCCCCCCC(CCCCCCCC)OC(=O)C(=O)O. The highest BCUT2D eigenvalue weighted by Crippen LogP contribution is 2.17. The van der Waals surface area contributed by atoms with Gasteiger partial charge in [-0.05, 0) is 25.7 Å². The van der Waals surface area contributed by atoms with E-state index in [2.05, 4.69) is 13.8 Å². The quantitative estimate of drug-likeness (QED) is 0.216. The van der Waals surface area contributed by atoms with Crippen LogP contribution in [0.25, 0.3) is 0 Å². The molecule has 0 aromatic heterocycles. The van der Waals surface area contributed by atoms with Crippen LogP contribution in [-0.2, 0) is 14.3 Å². The smallest absolute Gasteiger partial charge is 0.417 e. The molecular weight excluding hydrogens is 304 g/mol. The van der Waals surface area contributed by atoms with Crippen LogP contribution in [0.4, 0.5) is 0 Å². The van der Waals surface area contributed by atoms with Crippen LogP contribution in [0, 0.1) is 0 Å². The van der Waals surface area contributed by atoms with Gasteiger partial charge in [-0.25, -0.2) is 9.59 Å². The summed E-state index contributed by atoms with van der Waals surface area (Å²) in [6, 6.07) is 0. The van der Waals surface area contributed by atoms with E-state index in [0.29, 0.717) is 0 Å². The van der Waals surface area contributed by atoms with Gasteiger partial charge in [-0.15, -0.1) is 0 Å². The molecule has 0 spiro atoms. The van der Waals surface area contributed by atoms with Crippen LogP contribution in [-0.4, -0.2) is 23.1 Å². The number of unbranched alkanes of at least 4 members (excludes halogenated alkanes) is 11. The van der Waals surface area contributed by atoms with Crippen LogP contribution in [0.3, 0.4) is 0 Å². The van der Waals surface area contributed by atoms with Gasteiger partial charge in [-0.3, -0.25) is 0 Å². The van der Waals surface area contributed by atoms with E-state index in [0.717, 1.165) is 38.5 Å². The molecule has 0 aliphatic heterocycles. The Labute approximate surface area is 148 Å². The van der Waals surface area contributed by atoms with E-state index in [1.54, 1.807) is 0 Å². The number of rotatable bonds is 16. The molecule has 4 heteroatoms. The fourth-order valence-corrected chi connectivity index (χ4v) is 2.95. The maximum atomic E-state index is 11.3. The second-order valence-corrected chi connectivity index (χ2v) is 6.80. The topological polar surface area (TPSA) is 63.6 Å². The summed E-state index contributed by atoms with van der Waals surface area (Å²) in [7, 11) is 0. The van der Waals surface area contributed by atoms with Crippen molar-refractivity contribution >= 4 is 11.9 Å². The van der Waals surface area contributed by atoms with Gasteiger partial charge in [0, 0.05) is 0 Å². The van der Waals surface area contributed by atoms with E-state index in [4.69, 9.17) is 9.84 Å². The number of carbonyl (C=O) groups is 2. The molecule has 0 fully saturated rings. The maximum Gasteiger partial charge on any atom is 0.417 e. The lowest BCUT2D eigenvalue weighted by molar-refractivity contribution is -0.167. The zero-order valence-electron chi connectivity index (χ0n) is 15.9. The monoisotopic (exact) mass is 342 g/mol. The van der Waals surface area contributed by atoms with Crippen molar-refractivity contribution in [1.29, 1.82) is 0 Å². The summed E-state index contributed by atoms with van der Waals surface area (Å²) < 4.78 is 5.15. The average Bonchev–Trinajstić information content (AvgIpc) is 2.56. The highest BCUT2D eigenvalue weighted by molar-refractivity contribution is 6.28. The first-order valence-electron chi connectivity index (χ1n) is 10.1. The van der Waals surface area contributed by atoms with Crippen LogP contribution >= 0.6 is 0 Å². The van der Waals surface area contributed by atoms with Crippen LogP contribution in [0.15, 0.2) is 0 Å². The number of carboxylic acid groups (broad SMARTS) is 1. The number of carboxylic acids is 1. The number of aliphatic carboxylic acids is 1. The Hall–Kier alpha value is -1.06. The Morgan fingerprint density at radius 3 is 1.46 bits per heavy atom. The molecule has 1 unspecified atom stereocenters. The van der Waals surface area contributed by atoms with E-state index in [-0.39, 0.29) is 6.10 Å². The third-order valence-electron chi connectivity index (χ3n) is 4.46. The van der Waals surface area contributed by atoms with Crippen molar-refractivity contribution in [3.8, 4) is 0 Å². The van der Waals surface area contributed by atoms with Crippen molar-refractivity contribution in [2.24, 2.45) is 0 Å². The van der Waals surface area contributed by atoms with Gasteiger partial charge in [0.05, 0.1) is 0 Å². The van der Waals surface area contributed by atoms with Gasteiger partial charge >= 0.3 is 11.9 Å². The van der Waals surface area contributed by atoms with E-state index >= 15 is 0 Å². The third kappa shape index (κ3) is 14.5. The fourth-order valence-electron chi connectivity index (χ4n) is 2.95. The number of esters is 1. The van der Waals surface area contributed by atoms with Gasteiger partial charge in [0.25, 0.3) is 0 Å². The predicted octanol–water partition coefficient (Wildman–Crippen LogP) is 5.87. The van der Waals surface area contributed by atoms with Crippen molar-refractivity contribution in [3.63, 3.8) is 0 Å². The molecule has 0 bridgehead atoms. The Balaban J connectivity index is 3.92. The summed E-state index contributed by atoms with van der Waals surface area (Å²) >= 11 is 0. The van der Waals surface area contributed by atoms with Gasteiger partial charge in [0.2, 0.25) is 0 Å². The summed E-state index contributed by atoms with van der Waals surface area (Å²) in [6.07, 6.45) is 17.0. The molecule has 0 aliphatic rings. The van der Waals surface area contributed by atoms with Gasteiger partial charge in [0.1, 0.15) is 6.10 Å². The largest absolute Gasteiger partial charge is 0.473 e. The van der Waals surface area contributed by atoms with Crippen molar-refractivity contribution in [2.45, 2.75) is 116 Å². The average molecular weight is 343 g/mol. The maximum absolute atomic E-state index is 11.3. The standard InChI is InChI=1S/C20H38O4/c1-3-5-7-9-11-13-15-17-18(24-20(23)19(21)22)16-14-12-10-8-6-4-2/h18H,3-17H2,1-2H3,(H,21,22). The Kier molecular flexibility index (Phi) is 16.0. The molecule has 0 aromatic carbocycles. The zero-order chi connectivity index (χ0) is 18.0. The summed E-state index contributed by atoms with van der Waals surface area (Å²) in [5.74, 6) is -2.59. The van der Waals surface area contributed by atoms with Crippen LogP contribution < -0.4 is 0 Å². The normalized spacial score (nSPS) is 12.1. The molecular formula is C20H38O4. The molecule has 0 amide bonds. The van der Waals surface area contributed by atoms with Crippen LogP contribution in [0.2, 0.25) is 0 Å². The summed E-state index contributed by atoms with van der Waals surface area (Å²) in [5, 5.41) is 8.72. The molecule has 0 radical (unpaired) electrons. The number of ether oxygens (including phenoxy) is 1. The number of hydrogen-bond donors (Lipinski definition) is 1. The molecule has 1 atom stereocenters. The molecule has 142 valence electrons. The molecule has 0 rings (SSSR count). The van der Waals surface area contributed by atoms with Gasteiger partial charge < -0.3 is 9.84 Å². The third-order valence-corrected chi connectivity index (χ3v) is 4.46. The first kappa shape index (κ1) is 22.9. The molecule has 0 saturated carbocycles. The Bertz CT molecular complexity index is 315. The minimum atomic E-state index is -1.48. The van der Waals surface area contributed by atoms with E-state index in [1.807, 2.05) is 0 Å². The lowest BCUT2D eigenvalue weighted by Gasteiger charge is -2.16. The minimum Gasteiger partial charge on any atom is -0.473 e. The predicted molar refractivity (Wildman–Crippen MR) is 98.1 cm³/mol. The molecule has 0 aromatic rings. The van der Waals surface area contributed by atoms with Crippen molar-refractivity contribution in [3.05, 3.63) is 0 Å². The van der Waals surface area contributed by atoms with E-state index < -0.39 is 11.9 Å². The number of hydrogen-bond acceptors (Lipinski definition) is 3. The lowest BCUT2D eigenvalue weighted by atomic mass is 10.0. The van der Waals surface area contributed by atoms with Crippen molar-refractivity contribution < 1.29 is 19.4 Å². The van der Waals surface area contributed by atoms with Gasteiger partial charge in [0.15, 0.2) is 0 Å². The molecule has 24 heavy (non-hydrogen) atoms. The highest BCUT2D eigenvalue weighted by Gasteiger charge is 2.19. The Morgan fingerprint density at radius 2 is 1.08 bits per heavy atom. The molecule has 0 saturated heterocycles. The first-order chi connectivity index (χ1) is 11.6. The number of carbonyl (C=O) groups excluding carboxylic acids is 1. The van der Waals surface area contributed by atoms with Crippen LogP contribution in [0.1, 0.15) is 110 Å². The molecule has 1 N–H and O–H groups in total.